The van der Waals surface area contributed by atoms with Crippen molar-refractivity contribution in [1.82, 2.24) is 20.3 Å². The second kappa shape index (κ2) is 19.7. The predicted molar refractivity (Wildman–Crippen MR) is 179 cm³/mol. The molecule has 0 saturated carbocycles. The molecule has 3 N–H and O–H groups in total. The maximum atomic E-state index is 14.8. The molecule has 0 unspecified atom stereocenters. The Bertz CT molecular complexity index is 1490. The summed E-state index contributed by atoms with van der Waals surface area (Å²) in [6.45, 7) is 12.4. The van der Waals surface area contributed by atoms with E-state index in [4.69, 9.17) is 28.4 Å². The number of aromatic nitrogens is 3. The lowest BCUT2D eigenvalue weighted by atomic mass is 9.97. The SMILES string of the molecule is CNc1ncc2cc(-c3cc(NC(=O)NCCOCCOCCOCCOCCOCC(=O)OC(C)(C)C)c(F)cc3C)c(C)nc2n1. The Kier molecular flexibility index (Phi) is 15.8. The molecule has 15 heteroatoms. The first-order valence-electron chi connectivity index (χ1n) is 15.7. The number of ether oxygens (including phenoxy) is 6. The highest BCUT2D eigenvalue weighted by Crippen LogP contribution is 2.32. The second-order valence-electron chi connectivity index (χ2n) is 11.6. The molecule has 0 saturated heterocycles. The number of nitrogens with zero attached hydrogens (tertiary/aromatic N) is 3. The minimum absolute atomic E-state index is 0.0433. The van der Waals surface area contributed by atoms with Gasteiger partial charge in [0.2, 0.25) is 5.95 Å². The Labute approximate surface area is 280 Å². The summed E-state index contributed by atoms with van der Waals surface area (Å²) in [7, 11) is 1.73. The number of pyridine rings is 1. The molecule has 3 rings (SSSR count). The molecule has 2 aromatic heterocycles. The number of carbonyl (C=O) groups is 2. The van der Waals surface area contributed by atoms with Crippen molar-refractivity contribution >= 4 is 34.7 Å². The summed E-state index contributed by atoms with van der Waals surface area (Å²) in [4.78, 5) is 37.2. The van der Waals surface area contributed by atoms with Crippen LogP contribution in [0.2, 0.25) is 0 Å². The lowest BCUT2D eigenvalue weighted by Crippen LogP contribution is -2.32. The van der Waals surface area contributed by atoms with Crippen LogP contribution in [0.1, 0.15) is 32.0 Å². The highest BCUT2D eigenvalue weighted by Gasteiger charge is 2.17. The molecule has 0 aliphatic heterocycles. The van der Waals surface area contributed by atoms with Gasteiger partial charge in [0.25, 0.3) is 0 Å². The standard InChI is InChI=1S/C33H47FN6O8/c1-22-17-27(34)28(19-25(22)26-18-24-20-37-31(35-6)40-30(24)38-23(26)2)39-32(42)36-7-8-43-9-10-44-11-12-45-13-14-46-15-16-47-21-29(41)48-33(3,4)5/h17-20H,7-16,21H2,1-6H3,(H2,36,39,42)(H,35,37,38,40). The number of hydrogen-bond acceptors (Lipinski definition) is 12. The Morgan fingerprint density at radius 3 is 2.02 bits per heavy atom. The van der Waals surface area contributed by atoms with Crippen molar-refractivity contribution < 1.29 is 42.4 Å². The van der Waals surface area contributed by atoms with Crippen LogP contribution in [0.5, 0.6) is 0 Å². The lowest BCUT2D eigenvalue weighted by molar-refractivity contribution is -0.160. The largest absolute Gasteiger partial charge is 0.458 e. The summed E-state index contributed by atoms with van der Waals surface area (Å²) in [5.41, 5.74) is 2.99. The molecule has 48 heavy (non-hydrogen) atoms. The van der Waals surface area contributed by atoms with Crippen LogP contribution in [0.25, 0.3) is 22.2 Å². The molecule has 2 amide bonds. The van der Waals surface area contributed by atoms with Crippen molar-refractivity contribution in [1.29, 1.82) is 0 Å². The molecule has 0 bridgehead atoms. The number of fused-ring (bicyclic) bond motifs is 1. The van der Waals surface area contributed by atoms with Crippen LogP contribution in [0.4, 0.5) is 20.8 Å². The van der Waals surface area contributed by atoms with Crippen molar-refractivity contribution in [3.8, 4) is 11.1 Å². The van der Waals surface area contributed by atoms with Crippen molar-refractivity contribution in [2.45, 2.75) is 40.2 Å². The maximum absolute atomic E-state index is 14.8. The van der Waals surface area contributed by atoms with E-state index in [2.05, 4.69) is 30.9 Å². The number of anilines is 2. The van der Waals surface area contributed by atoms with Crippen molar-refractivity contribution in [3.63, 3.8) is 0 Å². The third-order valence-electron chi connectivity index (χ3n) is 6.50. The number of esters is 1. The number of carbonyl (C=O) groups excluding carboxylic acids is 2. The summed E-state index contributed by atoms with van der Waals surface area (Å²) in [5.74, 6) is -0.490. The summed E-state index contributed by atoms with van der Waals surface area (Å²) in [5, 5.41) is 8.87. The Morgan fingerprint density at radius 2 is 1.42 bits per heavy atom. The topological polar surface area (TPSA) is 164 Å². The lowest BCUT2D eigenvalue weighted by Gasteiger charge is -2.19. The molecule has 1 aromatic carbocycles. The van der Waals surface area contributed by atoms with Crippen molar-refractivity contribution in [2.24, 2.45) is 0 Å². The fraction of sp³-hybridized carbons (Fsp3) is 0.545. The number of nitrogens with one attached hydrogen (secondary N) is 3. The van der Waals surface area contributed by atoms with Gasteiger partial charge in [0.1, 0.15) is 18.0 Å². The first kappa shape index (κ1) is 38.4. The van der Waals surface area contributed by atoms with Crippen LogP contribution in [0.15, 0.2) is 24.4 Å². The van der Waals surface area contributed by atoms with Gasteiger partial charge in [-0.3, -0.25) is 0 Å². The summed E-state index contributed by atoms with van der Waals surface area (Å²) in [6.07, 6.45) is 1.68. The van der Waals surface area contributed by atoms with E-state index in [1.807, 2.05) is 13.0 Å². The van der Waals surface area contributed by atoms with Gasteiger partial charge >= 0.3 is 12.0 Å². The van der Waals surface area contributed by atoms with Gasteiger partial charge in [-0.2, -0.15) is 4.98 Å². The van der Waals surface area contributed by atoms with Crippen LogP contribution < -0.4 is 16.0 Å². The molecule has 0 aliphatic rings. The predicted octanol–water partition coefficient (Wildman–Crippen LogP) is 4.04. The third-order valence-corrected chi connectivity index (χ3v) is 6.50. The van der Waals surface area contributed by atoms with Crippen molar-refractivity contribution in [2.75, 3.05) is 90.3 Å². The summed E-state index contributed by atoms with van der Waals surface area (Å²) >= 11 is 0. The zero-order valence-electron chi connectivity index (χ0n) is 28.6. The minimum Gasteiger partial charge on any atom is -0.458 e. The Morgan fingerprint density at radius 1 is 0.812 bits per heavy atom. The molecule has 3 aromatic rings. The number of hydrogen-bond donors (Lipinski definition) is 3. The molecule has 14 nitrogen and oxygen atoms in total. The number of rotatable bonds is 20. The molecule has 264 valence electrons. The van der Waals surface area contributed by atoms with Crippen LogP contribution >= 0.6 is 0 Å². The van der Waals surface area contributed by atoms with E-state index >= 15 is 0 Å². The van der Waals surface area contributed by atoms with E-state index in [9.17, 15) is 14.0 Å². The smallest absolute Gasteiger partial charge is 0.332 e. The fourth-order valence-electron chi connectivity index (χ4n) is 4.31. The van der Waals surface area contributed by atoms with E-state index in [1.54, 1.807) is 47.0 Å². The van der Waals surface area contributed by atoms with Crippen LogP contribution in [0.3, 0.4) is 0 Å². The molecule has 0 fully saturated rings. The van der Waals surface area contributed by atoms with Gasteiger partial charge in [-0.1, -0.05) is 0 Å². The number of amides is 2. The van der Waals surface area contributed by atoms with Gasteiger partial charge in [0.05, 0.1) is 65.1 Å². The summed E-state index contributed by atoms with van der Waals surface area (Å²) < 4.78 is 46.9. The zero-order valence-corrected chi connectivity index (χ0v) is 28.6. The highest BCUT2D eigenvalue weighted by atomic mass is 19.1. The molecular formula is C33H47FN6O8. The monoisotopic (exact) mass is 674 g/mol. The van der Waals surface area contributed by atoms with Gasteiger partial charge in [0, 0.05) is 36.4 Å². The van der Waals surface area contributed by atoms with Gasteiger partial charge in [-0.05, 0) is 63.9 Å². The zero-order chi connectivity index (χ0) is 34.9. The fourth-order valence-corrected chi connectivity index (χ4v) is 4.31. The first-order chi connectivity index (χ1) is 23.0. The Balaban J connectivity index is 1.24. The van der Waals surface area contributed by atoms with Gasteiger partial charge < -0.3 is 44.4 Å². The van der Waals surface area contributed by atoms with E-state index in [1.165, 1.54) is 6.07 Å². The number of aryl methyl sites for hydroxylation is 2. The average molecular weight is 675 g/mol. The number of benzene rings is 1. The normalized spacial score (nSPS) is 11.5. The van der Waals surface area contributed by atoms with Gasteiger partial charge in [-0.25, -0.2) is 23.9 Å². The quantitative estimate of drug-likeness (QED) is 0.117. The Hall–Kier alpha value is -4.02. The van der Waals surface area contributed by atoms with E-state index in [-0.39, 0.29) is 32.1 Å². The van der Waals surface area contributed by atoms with E-state index < -0.39 is 23.4 Å². The van der Waals surface area contributed by atoms with Crippen LogP contribution in [0, 0.1) is 19.7 Å². The number of halogens is 1. The molecule has 0 atom stereocenters. The summed E-state index contributed by atoms with van der Waals surface area (Å²) in [6, 6.07) is 4.33. The molecule has 0 aliphatic carbocycles. The molecule has 2 heterocycles. The second-order valence-corrected chi connectivity index (χ2v) is 11.6. The first-order valence-corrected chi connectivity index (χ1v) is 15.7. The van der Waals surface area contributed by atoms with Gasteiger partial charge in [0.15, 0.2) is 5.65 Å². The highest BCUT2D eigenvalue weighted by molar-refractivity contribution is 5.91. The number of urea groups is 1. The minimum atomic E-state index is -0.556. The third kappa shape index (κ3) is 13.6. The molecular weight excluding hydrogens is 627 g/mol. The van der Waals surface area contributed by atoms with Crippen LogP contribution in [-0.4, -0.2) is 112 Å². The van der Waals surface area contributed by atoms with E-state index in [0.29, 0.717) is 69.1 Å². The van der Waals surface area contributed by atoms with Gasteiger partial charge in [-0.15, -0.1) is 0 Å². The molecule has 0 spiro atoms. The van der Waals surface area contributed by atoms with Crippen molar-refractivity contribution in [3.05, 3.63) is 41.5 Å². The van der Waals surface area contributed by atoms with Crippen LogP contribution in [-0.2, 0) is 33.2 Å². The van der Waals surface area contributed by atoms with E-state index in [0.717, 1.165) is 16.5 Å². The molecule has 0 radical (unpaired) electrons. The average Bonchev–Trinajstić information content (AvgIpc) is 3.02. The maximum Gasteiger partial charge on any atom is 0.332 e.